The number of amides is 1. The van der Waals surface area contributed by atoms with Gasteiger partial charge in [-0.25, -0.2) is 19.6 Å². The van der Waals surface area contributed by atoms with Crippen molar-refractivity contribution in [3.63, 3.8) is 0 Å². The molecule has 2 aromatic heterocycles. The van der Waals surface area contributed by atoms with Gasteiger partial charge in [0.1, 0.15) is 5.00 Å². The van der Waals surface area contributed by atoms with Gasteiger partial charge in [-0.15, -0.1) is 11.3 Å². The fourth-order valence-corrected chi connectivity index (χ4v) is 5.14. The summed E-state index contributed by atoms with van der Waals surface area (Å²) in [6.07, 6.45) is 5.64. The molecule has 2 aromatic rings. The molecule has 3 rings (SSSR count). The number of nitrogens with one attached hydrogen (secondary N) is 1. The summed E-state index contributed by atoms with van der Waals surface area (Å²) in [4.78, 5) is 46.3. The molecule has 0 bridgehead atoms. The molecule has 166 valence electrons. The fraction of sp³-hybridized carbons (Fsp3) is 0.450. The third-order valence-electron chi connectivity index (χ3n) is 4.68. The van der Waals surface area contributed by atoms with E-state index in [2.05, 4.69) is 22.2 Å². The molecule has 1 N–H and O–H groups in total. The summed E-state index contributed by atoms with van der Waals surface area (Å²) in [6, 6.07) is 0. The summed E-state index contributed by atoms with van der Waals surface area (Å²) in [6.45, 7) is 3.58. The van der Waals surface area contributed by atoms with Crippen molar-refractivity contribution < 1.29 is 23.9 Å². The number of nitrogens with zero attached hydrogens (tertiary/aromatic N) is 2. The molecule has 0 radical (unpaired) electrons. The molecule has 0 spiro atoms. The number of hydrogen-bond donors (Lipinski definition) is 1. The number of fused-ring (bicyclic) bond motifs is 1. The summed E-state index contributed by atoms with van der Waals surface area (Å²) < 4.78 is 10.3. The monoisotopic (exact) mass is 483 g/mol. The van der Waals surface area contributed by atoms with E-state index in [1.54, 1.807) is 13.2 Å². The van der Waals surface area contributed by atoms with Gasteiger partial charge in [0, 0.05) is 4.88 Å². The minimum atomic E-state index is -0.831. The maximum atomic E-state index is 12.5. The zero-order valence-electron chi connectivity index (χ0n) is 17.3. The Hall–Kier alpha value is -2.17. The van der Waals surface area contributed by atoms with Crippen molar-refractivity contribution in [2.24, 2.45) is 5.92 Å². The van der Waals surface area contributed by atoms with Crippen LogP contribution in [-0.2, 0) is 27.1 Å². The number of rotatable bonds is 7. The molecule has 1 amide bonds. The summed E-state index contributed by atoms with van der Waals surface area (Å²) >= 11 is 8.58. The second-order valence-corrected chi connectivity index (χ2v) is 9.24. The molecule has 1 atom stereocenters. The lowest BCUT2D eigenvalue weighted by Gasteiger charge is -2.18. The first kappa shape index (κ1) is 23.5. The first-order chi connectivity index (χ1) is 14.8. The van der Waals surface area contributed by atoms with Crippen molar-refractivity contribution in [2.75, 3.05) is 24.8 Å². The molecular formula is C20H22ClN3O5S2. The van der Waals surface area contributed by atoms with Crippen LogP contribution >= 0.6 is 34.7 Å². The maximum Gasteiger partial charge on any atom is 0.359 e. The number of carbonyl (C=O) groups excluding carboxylic acids is 3. The van der Waals surface area contributed by atoms with E-state index in [1.165, 1.54) is 29.3 Å². The highest BCUT2D eigenvalue weighted by atomic mass is 35.5. The van der Waals surface area contributed by atoms with Gasteiger partial charge in [0.2, 0.25) is 0 Å². The number of halogens is 1. The molecule has 0 aliphatic heterocycles. The average molecular weight is 484 g/mol. The van der Waals surface area contributed by atoms with Crippen LogP contribution in [0.3, 0.4) is 0 Å². The molecule has 0 saturated heterocycles. The lowest BCUT2D eigenvalue weighted by molar-refractivity contribution is -0.119. The van der Waals surface area contributed by atoms with E-state index in [1.807, 2.05) is 0 Å². The van der Waals surface area contributed by atoms with Gasteiger partial charge in [-0.2, -0.15) is 0 Å². The highest BCUT2D eigenvalue weighted by molar-refractivity contribution is 7.98. The molecule has 0 unspecified atom stereocenters. The Bertz CT molecular complexity index is 1010. The van der Waals surface area contributed by atoms with Crippen LogP contribution in [0.5, 0.6) is 0 Å². The third kappa shape index (κ3) is 5.55. The lowest BCUT2D eigenvalue weighted by Crippen LogP contribution is -2.22. The highest BCUT2D eigenvalue weighted by Gasteiger charge is 2.29. The standard InChI is InChI=1S/C20H22ClN3O5S2/c1-4-28-18(26)15-11-6-5-10(2)7-13(11)31-17(15)23-14(25)9-29-19(27)16-12(21)8-22-20(24-16)30-3/h8,10H,4-7,9H2,1-3H3,(H,23,25)/t10-/m1/s1. The molecule has 1 aliphatic carbocycles. The molecule has 0 fully saturated rings. The average Bonchev–Trinajstić information content (AvgIpc) is 3.09. The van der Waals surface area contributed by atoms with Gasteiger partial charge in [0.25, 0.3) is 5.91 Å². The number of anilines is 1. The highest BCUT2D eigenvalue weighted by Crippen LogP contribution is 2.40. The topological polar surface area (TPSA) is 107 Å². The van der Waals surface area contributed by atoms with Gasteiger partial charge in [0.15, 0.2) is 17.5 Å². The Labute approximate surface area is 193 Å². The first-order valence-corrected chi connectivity index (χ1v) is 12.1. The normalized spacial score (nSPS) is 15.2. The van der Waals surface area contributed by atoms with Crippen LogP contribution < -0.4 is 5.32 Å². The molecule has 1 aliphatic rings. The molecule has 0 saturated carbocycles. The van der Waals surface area contributed by atoms with Gasteiger partial charge >= 0.3 is 11.9 Å². The summed E-state index contributed by atoms with van der Waals surface area (Å²) in [5.41, 5.74) is 1.23. The van der Waals surface area contributed by atoms with Gasteiger partial charge in [-0.1, -0.05) is 30.3 Å². The van der Waals surface area contributed by atoms with E-state index in [9.17, 15) is 14.4 Å². The Kier molecular flexibility index (Phi) is 7.90. The van der Waals surface area contributed by atoms with Crippen LogP contribution in [0, 0.1) is 5.92 Å². The van der Waals surface area contributed by atoms with Crippen LogP contribution in [0.25, 0.3) is 0 Å². The van der Waals surface area contributed by atoms with Crippen LogP contribution in [-0.4, -0.2) is 47.3 Å². The first-order valence-electron chi connectivity index (χ1n) is 9.69. The quantitative estimate of drug-likeness (QED) is 0.357. The lowest BCUT2D eigenvalue weighted by atomic mass is 9.88. The minimum absolute atomic E-state index is 0.0351. The number of carbonyl (C=O) groups is 3. The number of hydrogen-bond acceptors (Lipinski definition) is 9. The SMILES string of the molecule is CCOC(=O)c1c(NC(=O)COC(=O)c2nc(SC)ncc2Cl)sc2c1CC[C@@H](C)C2. The van der Waals surface area contributed by atoms with Crippen molar-refractivity contribution in [1.29, 1.82) is 0 Å². The van der Waals surface area contributed by atoms with E-state index in [0.29, 0.717) is 21.6 Å². The Morgan fingerprint density at radius 1 is 1.32 bits per heavy atom. The van der Waals surface area contributed by atoms with Crippen LogP contribution in [0.4, 0.5) is 5.00 Å². The van der Waals surface area contributed by atoms with Gasteiger partial charge in [-0.3, -0.25) is 4.79 Å². The van der Waals surface area contributed by atoms with E-state index in [-0.39, 0.29) is 17.3 Å². The smallest absolute Gasteiger partial charge is 0.359 e. The second kappa shape index (κ2) is 10.4. The Morgan fingerprint density at radius 2 is 2.10 bits per heavy atom. The maximum absolute atomic E-state index is 12.5. The van der Waals surface area contributed by atoms with E-state index in [4.69, 9.17) is 21.1 Å². The summed E-state index contributed by atoms with van der Waals surface area (Å²) in [5.74, 6) is -1.35. The van der Waals surface area contributed by atoms with Gasteiger partial charge in [-0.05, 0) is 43.9 Å². The fourth-order valence-electron chi connectivity index (χ4n) is 3.21. The second-order valence-electron chi connectivity index (χ2n) is 6.95. The van der Waals surface area contributed by atoms with Crippen molar-refractivity contribution in [1.82, 2.24) is 9.97 Å². The summed E-state index contributed by atoms with van der Waals surface area (Å²) in [7, 11) is 0. The largest absolute Gasteiger partial charge is 0.462 e. The minimum Gasteiger partial charge on any atom is -0.462 e. The van der Waals surface area contributed by atoms with E-state index in [0.717, 1.165) is 29.7 Å². The van der Waals surface area contributed by atoms with E-state index < -0.39 is 24.5 Å². The number of thiophene rings is 1. The van der Waals surface area contributed by atoms with Crippen molar-refractivity contribution in [3.8, 4) is 0 Å². The predicted molar refractivity (Wildman–Crippen MR) is 119 cm³/mol. The Balaban J connectivity index is 1.72. The van der Waals surface area contributed by atoms with Crippen LogP contribution in [0.2, 0.25) is 5.02 Å². The molecular weight excluding hydrogens is 462 g/mol. The number of ether oxygens (including phenoxy) is 2. The number of aromatic nitrogens is 2. The molecule has 11 heteroatoms. The van der Waals surface area contributed by atoms with Gasteiger partial charge in [0.05, 0.1) is 23.4 Å². The Morgan fingerprint density at radius 3 is 2.81 bits per heavy atom. The van der Waals surface area contributed by atoms with Crippen LogP contribution in [0.15, 0.2) is 11.4 Å². The van der Waals surface area contributed by atoms with Crippen molar-refractivity contribution in [3.05, 3.63) is 32.9 Å². The summed E-state index contributed by atoms with van der Waals surface area (Å²) in [5, 5.41) is 3.51. The molecule has 8 nitrogen and oxygen atoms in total. The molecule has 0 aromatic carbocycles. The van der Waals surface area contributed by atoms with Crippen molar-refractivity contribution in [2.45, 2.75) is 38.3 Å². The van der Waals surface area contributed by atoms with Gasteiger partial charge < -0.3 is 14.8 Å². The van der Waals surface area contributed by atoms with E-state index >= 15 is 0 Å². The van der Waals surface area contributed by atoms with Crippen molar-refractivity contribution >= 4 is 57.5 Å². The third-order valence-corrected chi connectivity index (χ3v) is 6.68. The number of esters is 2. The number of thioether (sulfide) groups is 1. The van der Waals surface area contributed by atoms with Crippen LogP contribution in [0.1, 0.15) is 51.6 Å². The molecule has 2 heterocycles. The predicted octanol–water partition coefficient (Wildman–Crippen LogP) is 4.01. The molecule has 31 heavy (non-hydrogen) atoms. The zero-order chi connectivity index (χ0) is 22.5. The zero-order valence-corrected chi connectivity index (χ0v) is 19.7.